The first-order chi connectivity index (χ1) is 7.57. The van der Waals surface area contributed by atoms with Gasteiger partial charge in [0, 0.05) is 10.9 Å². The maximum absolute atomic E-state index is 3.70. The summed E-state index contributed by atoms with van der Waals surface area (Å²) < 4.78 is 0. The number of thiophene rings is 1. The minimum atomic E-state index is 0.528. The van der Waals surface area contributed by atoms with Gasteiger partial charge >= 0.3 is 0 Å². The Balaban J connectivity index is 2.83. The van der Waals surface area contributed by atoms with Gasteiger partial charge in [0.25, 0.3) is 0 Å². The van der Waals surface area contributed by atoms with Crippen LogP contribution in [0.25, 0.3) is 0 Å². The molecule has 1 aromatic rings. The minimum absolute atomic E-state index is 0.528. The molecule has 0 aliphatic rings. The molecule has 92 valence electrons. The number of aryl methyl sites for hydroxylation is 1. The maximum Gasteiger partial charge on any atom is 0.0445 e. The maximum atomic E-state index is 3.70. The standard InChI is InChI=1S/C14H25NS/c1-6-8-15-13(12(5)10(2)3)14-11(4)7-9-16-14/h7,9-10,12-13,15H,6,8H2,1-5H3. The molecule has 0 saturated carbocycles. The highest BCUT2D eigenvalue weighted by molar-refractivity contribution is 7.10. The second kappa shape index (κ2) is 6.41. The van der Waals surface area contributed by atoms with Crippen molar-refractivity contribution in [3.63, 3.8) is 0 Å². The molecule has 1 rings (SSSR count). The van der Waals surface area contributed by atoms with E-state index in [9.17, 15) is 0 Å². The van der Waals surface area contributed by atoms with Crippen LogP contribution in [0.15, 0.2) is 11.4 Å². The molecule has 0 aliphatic heterocycles. The summed E-state index contributed by atoms with van der Waals surface area (Å²) in [5.41, 5.74) is 1.44. The lowest BCUT2D eigenvalue weighted by Crippen LogP contribution is -2.30. The van der Waals surface area contributed by atoms with Crippen molar-refractivity contribution in [2.45, 2.75) is 47.1 Å². The Bertz CT molecular complexity index is 303. The third-order valence-electron chi connectivity index (χ3n) is 3.38. The molecule has 0 fully saturated rings. The molecular weight excluding hydrogens is 214 g/mol. The zero-order chi connectivity index (χ0) is 12.1. The third-order valence-corrected chi connectivity index (χ3v) is 4.48. The van der Waals surface area contributed by atoms with Crippen LogP contribution in [0.1, 0.15) is 50.6 Å². The van der Waals surface area contributed by atoms with Crippen molar-refractivity contribution >= 4 is 11.3 Å². The van der Waals surface area contributed by atoms with Crippen molar-refractivity contribution in [2.75, 3.05) is 6.54 Å². The van der Waals surface area contributed by atoms with Crippen molar-refractivity contribution < 1.29 is 0 Å². The second-order valence-corrected chi connectivity index (χ2v) is 5.95. The lowest BCUT2D eigenvalue weighted by molar-refractivity contribution is 0.306. The lowest BCUT2D eigenvalue weighted by atomic mass is 9.88. The van der Waals surface area contributed by atoms with Crippen LogP contribution in [0.4, 0.5) is 0 Å². The molecule has 1 heterocycles. The molecule has 0 radical (unpaired) electrons. The zero-order valence-corrected chi connectivity index (χ0v) is 12.0. The van der Waals surface area contributed by atoms with Gasteiger partial charge < -0.3 is 5.32 Å². The van der Waals surface area contributed by atoms with Gasteiger partial charge in [-0.1, -0.05) is 27.7 Å². The van der Waals surface area contributed by atoms with Gasteiger partial charge in [0.2, 0.25) is 0 Å². The monoisotopic (exact) mass is 239 g/mol. The fraction of sp³-hybridized carbons (Fsp3) is 0.714. The topological polar surface area (TPSA) is 12.0 Å². The Morgan fingerprint density at radius 2 is 2.00 bits per heavy atom. The summed E-state index contributed by atoms with van der Waals surface area (Å²) in [6.07, 6.45) is 1.20. The first kappa shape index (κ1) is 13.7. The Hall–Kier alpha value is -0.340. The predicted octanol–water partition coefficient (Wildman–Crippen LogP) is 4.39. The van der Waals surface area contributed by atoms with E-state index in [0.29, 0.717) is 12.0 Å². The molecule has 0 aromatic carbocycles. The van der Waals surface area contributed by atoms with E-state index in [-0.39, 0.29) is 0 Å². The number of rotatable bonds is 6. The summed E-state index contributed by atoms with van der Waals surface area (Å²) in [6, 6.07) is 2.76. The van der Waals surface area contributed by atoms with Crippen LogP contribution in [0.2, 0.25) is 0 Å². The van der Waals surface area contributed by atoms with Crippen LogP contribution in [0, 0.1) is 18.8 Å². The first-order valence-electron chi connectivity index (χ1n) is 6.35. The summed E-state index contributed by atoms with van der Waals surface area (Å²) >= 11 is 1.89. The van der Waals surface area contributed by atoms with Crippen molar-refractivity contribution in [3.05, 3.63) is 21.9 Å². The quantitative estimate of drug-likeness (QED) is 0.776. The molecule has 0 spiro atoms. The molecular formula is C14H25NS. The highest BCUT2D eigenvalue weighted by Gasteiger charge is 2.23. The largest absolute Gasteiger partial charge is 0.309 e. The van der Waals surface area contributed by atoms with Crippen LogP contribution in [0.3, 0.4) is 0 Å². The molecule has 0 saturated heterocycles. The fourth-order valence-electron chi connectivity index (χ4n) is 1.91. The van der Waals surface area contributed by atoms with Crippen molar-refractivity contribution in [1.29, 1.82) is 0 Å². The highest BCUT2D eigenvalue weighted by Crippen LogP contribution is 2.33. The van der Waals surface area contributed by atoms with Crippen molar-refractivity contribution in [1.82, 2.24) is 5.32 Å². The summed E-state index contributed by atoms with van der Waals surface area (Å²) in [5.74, 6) is 1.40. The summed E-state index contributed by atoms with van der Waals surface area (Å²) in [4.78, 5) is 1.52. The molecule has 16 heavy (non-hydrogen) atoms. The molecule has 1 aromatic heterocycles. The third kappa shape index (κ3) is 3.33. The van der Waals surface area contributed by atoms with Crippen molar-refractivity contribution in [3.8, 4) is 0 Å². The predicted molar refractivity (Wildman–Crippen MR) is 74.1 cm³/mol. The van der Waals surface area contributed by atoms with Gasteiger partial charge in [-0.05, 0) is 48.7 Å². The van der Waals surface area contributed by atoms with Crippen LogP contribution < -0.4 is 5.32 Å². The van der Waals surface area contributed by atoms with E-state index in [4.69, 9.17) is 0 Å². The van der Waals surface area contributed by atoms with Crippen LogP contribution in [0.5, 0.6) is 0 Å². The van der Waals surface area contributed by atoms with Gasteiger partial charge in [-0.2, -0.15) is 0 Å². The summed E-state index contributed by atoms with van der Waals surface area (Å²) in [5, 5.41) is 5.91. The van der Waals surface area contributed by atoms with E-state index in [0.717, 1.165) is 12.5 Å². The number of nitrogens with one attached hydrogen (secondary N) is 1. The SMILES string of the molecule is CCCNC(c1sccc1C)C(C)C(C)C. The zero-order valence-electron chi connectivity index (χ0n) is 11.2. The van der Waals surface area contributed by atoms with Gasteiger partial charge in [-0.15, -0.1) is 11.3 Å². The molecule has 1 nitrogen and oxygen atoms in total. The van der Waals surface area contributed by atoms with Crippen LogP contribution in [-0.4, -0.2) is 6.54 Å². The molecule has 0 aliphatic carbocycles. The average molecular weight is 239 g/mol. The molecule has 1 N–H and O–H groups in total. The van der Waals surface area contributed by atoms with E-state index in [1.807, 2.05) is 11.3 Å². The lowest BCUT2D eigenvalue weighted by Gasteiger charge is -2.28. The van der Waals surface area contributed by atoms with Gasteiger partial charge in [-0.3, -0.25) is 0 Å². The molecule has 0 bridgehead atoms. The molecule has 0 amide bonds. The van der Waals surface area contributed by atoms with Gasteiger partial charge in [0.1, 0.15) is 0 Å². The van der Waals surface area contributed by atoms with Crippen LogP contribution in [-0.2, 0) is 0 Å². The average Bonchev–Trinajstić information content (AvgIpc) is 2.65. The van der Waals surface area contributed by atoms with E-state index in [1.165, 1.54) is 16.9 Å². The van der Waals surface area contributed by atoms with Gasteiger partial charge in [0.05, 0.1) is 0 Å². The van der Waals surface area contributed by atoms with E-state index >= 15 is 0 Å². The second-order valence-electron chi connectivity index (χ2n) is 5.00. The number of hydrogen-bond acceptors (Lipinski definition) is 2. The molecule has 2 heteroatoms. The van der Waals surface area contributed by atoms with Crippen molar-refractivity contribution in [2.24, 2.45) is 11.8 Å². The number of hydrogen-bond donors (Lipinski definition) is 1. The summed E-state index contributed by atoms with van der Waals surface area (Å²) in [7, 11) is 0. The Kier molecular flexibility index (Phi) is 5.50. The Morgan fingerprint density at radius 3 is 2.44 bits per heavy atom. The van der Waals surface area contributed by atoms with E-state index in [2.05, 4.69) is 51.4 Å². The first-order valence-corrected chi connectivity index (χ1v) is 7.23. The summed E-state index contributed by atoms with van der Waals surface area (Å²) in [6.45, 7) is 12.5. The smallest absolute Gasteiger partial charge is 0.0445 e. The van der Waals surface area contributed by atoms with Crippen LogP contribution >= 0.6 is 11.3 Å². The molecule has 2 atom stereocenters. The Labute approximate surface area is 104 Å². The van der Waals surface area contributed by atoms with E-state index in [1.54, 1.807) is 0 Å². The minimum Gasteiger partial charge on any atom is -0.309 e. The normalized spacial score (nSPS) is 15.4. The van der Waals surface area contributed by atoms with E-state index < -0.39 is 0 Å². The Morgan fingerprint density at radius 1 is 1.31 bits per heavy atom. The van der Waals surface area contributed by atoms with Gasteiger partial charge in [0.15, 0.2) is 0 Å². The fourth-order valence-corrected chi connectivity index (χ4v) is 3.02. The van der Waals surface area contributed by atoms with Gasteiger partial charge in [-0.25, -0.2) is 0 Å². The highest BCUT2D eigenvalue weighted by atomic mass is 32.1. The molecule has 2 unspecified atom stereocenters.